The number of nitrogens with zero attached hydrogens (tertiary/aromatic N) is 5. The minimum Gasteiger partial charge on any atom is -0.455 e. The Morgan fingerprint density at radius 2 is 1.62 bits per heavy atom. The van der Waals surface area contributed by atoms with E-state index in [-0.39, 0.29) is 11.1 Å². The first-order valence-electron chi connectivity index (χ1n) is 9.06. The van der Waals surface area contributed by atoms with E-state index in [1.54, 1.807) is 16.8 Å². The molecule has 1 aromatic heterocycles. The fraction of sp³-hybridized carbons (Fsp3) is 0.130. The normalized spacial score (nSPS) is 10.5. The molecule has 0 fully saturated rings. The molecular weight excluding hydrogens is 362 g/mol. The lowest BCUT2D eigenvalue weighted by Crippen LogP contribution is -2.03. The first-order chi connectivity index (χ1) is 14.0. The molecule has 0 spiro atoms. The highest BCUT2D eigenvalue weighted by atomic mass is 16.5. The van der Waals surface area contributed by atoms with Gasteiger partial charge in [-0.05, 0) is 61.7 Å². The number of hydrogen-bond donors (Lipinski definition) is 0. The standard InChI is InChI=1S/C23H17N5O/c1-14-8-15(2)16(3)22(9-14)29-23-11-18(13-25)17(12-24)10-21(23)28-20-7-5-4-6-19(20)26-27-28/h4-11H,1-3H3. The van der Waals surface area contributed by atoms with Crippen LogP contribution < -0.4 is 4.74 Å². The number of para-hydroxylation sites is 1. The van der Waals surface area contributed by atoms with Crippen molar-refractivity contribution in [2.75, 3.05) is 0 Å². The summed E-state index contributed by atoms with van der Waals surface area (Å²) in [4.78, 5) is 0. The zero-order valence-corrected chi connectivity index (χ0v) is 16.3. The molecule has 0 aliphatic carbocycles. The van der Waals surface area contributed by atoms with Crippen molar-refractivity contribution in [1.29, 1.82) is 10.5 Å². The van der Waals surface area contributed by atoms with Gasteiger partial charge in [0.05, 0.1) is 16.6 Å². The lowest BCUT2D eigenvalue weighted by molar-refractivity contribution is 0.473. The quantitative estimate of drug-likeness (QED) is 0.506. The third-order valence-corrected chi connectivity index (χ3v) is 4.90. The molecule has 0 N–H and O–H groups in total. The number of aromatic nitrogens is 3. The van der Waals surface area contributed by atoms with Gasteiger partial charge in [-0.25, -0.2) is 4.68 Å². The minimum absolute atomic E-state index is 0.248. The topological polar surface area (TPSA) is 87.5 Å². The van der Waals surface area contributed by atoms with Gasteiger partial charge in [-0.15, -0.1) is 5.10 Å². The van der Waals surface area contributed by atoms with Crippen molar-refractivity contribution < 1.29 is 4.74 Å². The number of fused-ring (bicyclic) bond motifs is 1. The highest BCUT2D eigenvalue weighted by Gasteiger charge is 2.18. The van der Waals surface area contributed by atoms with Gasteiger partial charge in [-0.3, -0.25) is 0 Å². The maximum absolute atomic E-state index is 9.50. The van der Waals surface area contributed by atoms with E-state index in [2.05, 4.69) is 28.5 Å². The number of ether oxygens (including phenoxy) is 1. The molecule has 0 unspecified atom stereocenters. The second-order valence-corrected chi connectivity index (χ2v) is 6.89. The molecule has 6 nitrogen and oxygen atoms in total. The van der Waals surface area contributed by atoms with Crippen LogP contribution in [0.3, 0.4) is 0 Å². The Hall–Kier alpha value is -4.16. The predicted octanol–water partition coefficient (Wildman–Crippen LogP) is 4.88. The molecule has 6 heteroatoms. The van der Waals surface area contributed by atoms with Gasteiger partial charge in [0.1, 0.15) is 29.1 Å². The fourth-order valence-electron chi connectivity index (χ4n) is 3.27. The van der Waals surface area contributed by atoms with E-state index in [1.807, 2.05) is 51.1 Å². The molecule has 0 aliphatic rings. The monoisotopic (exact) mass is 379 g/mol. The van der Waals surface area contributed by atoms with Crippen LogP contribution in [0.5, 0.6) is 11.5 Å². The van der Waals surface area contributed by atoms with Gasteiger partial charge in [-0.2, -0.15) is 10.5 Å². The molecule has 4 aromatic rings. The summed E-state index contributed by atoms with van der Waals surface area (Å²) in [6.45, 7) is 6.02. The maximum Gasteiger partial charge on any atom is 0.154 e. The van der Waals surface area contributed by atoms with Crippen LogP contribution in [0.15, 0.2) is 48.5 Å². The molecule has 0 radical (unpaired) electrons. The van der Waals surface area contributed by atoms with Crippen molar-refractivity contribution in [3.63, 3.8) is 0 Å². The van der Waals surface area contributed by atoms with Gasteiger partial charge in [0.25, 0.3) is 0 Å². The van der Waals surface area contributed by atoms with Crippen LogP contribution in [0.2, 0.25) is 0 Å². The zero-order chi connectivity index (χ0) is 20.5. The molecule has 29 heavy (non-hydrogen) atoms. The van der Waals surface area contributed by atoms with Crippen molar-refractivity contribution in [2.24, 2.45) is 0 Å². The Morgan fingerprint density at radius 3 is 2.38 bits per heavy atom. The fourth-order valence-corrected chi connectivity index (χ4v) is 3.27. The van der Waals surface area contributed by atoms with Crippen molar-refractivity contribution >= 4 is 11.0 Å². The molecular formula is C23H17N5O. The SMILES string of the molecule is Cc1cc(C)c(C)c(Oc2cc(C#N)c(C#N)cc2-n2nnc3ccccc32)c1. The van der Waals surface area contributed by atoms with E-state index in [0.29, 0.717) is 17.2 Å². The average molecular weight is 379 g/mol. The molecule has 4 rings (SSSR count). The zero-order valence-electron chi connectivity index (χ0n) is 16.3. The maximum atomic E-state index is 9.50. The Morgan fingerprint density at radius 1 is 0.897 bits per heavy atom. The lowest BCUT2D eigenvalue weighted by Gasteiger charge is -2.16. The highest BCUT2D eigenvalue weighted by molar-refractivity contribution is 5.77. The van der Waals surface area contributed by atoms with E-state index in [1.165, 1.54) is 0 Å². The van der Waals surface area contributed by atoms with Gasteiger partial charge in [0.15, 0.2) is 5.75 Å². The lowest BCUT2D eigenvalue weighted by atomic mass is 10.1. The summed E-state index contributed by atoms with van der Waals surface area (Å²) in [5.74, 6) is 1.13. The van der Waals surface area contributed by atoms with Crippen LogP contribution in [0.25, 0.3) is 16.7 Å². The summed E-state index contributed by atoms with van der Waals surface area (Å²) in [6.07, 6.45) is 0. The number of nitriles is 2. The predicted molar refractivity (Wildman–Crippen MR) is 109 cm³/mol. The second kappa shape index (κ2) is 7.10. The Kier molecular flexibility index (Phi) is 4.46. The summed E-state index contributed by atoms with van der Waals surface area (Å²) >= 11 is 0. The number of benzene rings is 3. The number of rotatable bonds is 3. The summed E-state index contributed by atoms with van der Waals surface area (Å²) in [5.41, 5.74) is 5.75. The van der Waals surface area contributed by atoms with Gasteiger partial charge in [0, 0.05) is 6.07 Å². The van der Waals surface area contributed by atoms with Crippen LogP contribution in [0.1, 0.15) is 27.8 Å². The van der Waals surface area contributed by atoms with Crippen LogP contribution >= 0.6 is 0 Å². The molecule has 0 saturated heterocycles. The average Bonchev–Trinajstić information content (AvgIpc) is 3.15. The van der Waals surface area contributed by atoms with Crippen molar-refractivity contribution in [3.05, 3.63) is 76.3 Å². The molecule has 140 valence electrons. The first kappa shape index (κ1) is 18.2. The largest absolute Gasteiger partial charge is 0.455 e. The van der Waals surface area contributed by atoms with Gasteiger partial charge in [0.2, 0.25) is 0 Å². The van der Waals surface area contributed by atoms with Crippen molar-refractivity contribution in [3.8, 4) is 29.3 Å². The van der Waals surface area contributed by atoms with E-state index in [9.17, 15) is 10.5 Å². The molecule has 0 aliphatic heterocycles. The smallest absolute Gasteiger partial charge is 0.154 e. The summed E-state index contributed by atoms with van der Waals surface area (Å²) in [7, 11) is 0. The highest BCUT2D eigenvalue weighted by Crippen LogP contribution is 2.35. The van der Waals surface area contributed by atoms with E-state index < -0.39 is 0 Å². The molecule has 3 aromatic carbocycles. The van der Waals surface area contributed by atoms with E-state index in [4.69, 9.17) is 4.74 Å². The van der Waals surface area contributed by atoms with Crippen molar-refractivity contribution in [1.82, 2.24) is 15.0 Å². The first-order valence-corrected chi connectivity index (χ1v) is 9.06. The third-order valence-electron chi connectivity index (χ3n) is 4.90. The Bertz CT molecular complexity index is 1340. The summed E-state index contributed by atoms with van der Waals surface area (Å²) in [5, 5.41) is 27.4. The van der Waals surface area contributed by atoms with Crippen molar-refractivity contribution in [2.45, 2.75) is 20.8 Å². The van der Waals surface area contributed by atoms with Gasteiger partial charge < -0.3 is 4.74 Å². The Labute approximate surface area is 168 Å². The van der Waals surface area contributed by atoms with Crippen LogP contribution in [-0.2, 0) is 0 Å². The minimum atomic E-state index is 0.248. The molecule has 0 bridgehead atoms. The second-order valence-electron chi connectivity index (χ2n) is 6.89. The molecule has 0 saturated carbocycles. The van der Waals surface area contributed by atoms with Crippen LogP contribution in [0, 0.1) is 43.4 Å². The molecule has 0 amide bonds. The molecule has 0 atom stereocenters. The van der Waals surface area contributed by atoms with Gasteiger partial charge in [-0.1, -0.05) is 23.4 Å². The van der Waals surface area contributed by atoms with E-state index in [0.717, 1.165) is 27.7 Å². The van der Waals surface area contributed by atoms with Gasteiger partial charge >= 0.3 is 0 Å². The summed E-state index contributed by atoms with van der Waals surface area (Å²) < 4.78 is 7.90. The van der Waals surface area contributed by atoms with Crippen LogP contribution in [-0.4, -0.2) is 15.0 Å². The van der Waals surface area contributed by atoms with E-state index >= 15 is 0 Å². The third kappa shape index (κ3) is 3.18. The number of aryl methyl sites for hydroxylation is 2. The van der Waals surface area contributed by atoms with Crippen LogP contribution in [0.4, 0.5) is 0 Å². The summed E-state index contributed by atoms with van der Waals surface area (Å²) in [6, 6.07) is 18.9. The Balaban J connectivity index is 1.96. The molecule has 1 heterocycles. The number of hydrogen-bond acceptors (Lipinski definition) is 5.